The highest BCUT2D eigenvalue weighted by atomic mass is 32.2. The van der Waals surface area contributed by atoms with Gasteiger partial charge in [-0.2, -0.15) is 0 Å². The molecule has 1 fully saturated rings. The Kier molecular flexibility index (Phi) is 4.01. The minimum atomic E-state index is -3.68. The Morgan fingerprint density at radius 2 is 1.90 bits per heavy atom. The van der Waals surface area contributed by atoms with Crippen LogP contribution in [-0.2, 0) is 10.0 Å². The minimum Gasteiger partial charge on any atom is -0.335 e. The molecule has 2 rings (SSSR count). The zero-order chi connectivity index (χ0) is 14.9. The van der Waals surface area contributed by atoms with Crippen LogP contribution in [-0.4, -0.2) is 32.4 Å². The van der Waals surface area contributed by atoms with Crippen molar-refractivity contribution in [1.82, 2.24) is 10.2 Å². The second-order valence-electron chi connectivity index (χ2n) is 5.12. The van der Waals surface area contributed by atoms with Crippen molar-refractivity contribution in [2.24, 2.45) is 5.14 Å². The molecule has 0 radical (unpaired) electrons. The summed E-state index contributed by atoms with van der Waals surface area (Å²) < 4.78 is 22.4. The molecule has 0 spiro atoms. The molecule has 1 aromatic carbocycles. The first-order valence-electron chi connectivity index (χ1n) is 6.45. The molecule has 110 valence electrons. The Morgan fingerprint density at radius 3 is 2.35 bits per heavy atom. The monoisotopic (exact) mass is 297 g/mol. The molecule has 1 aromatic rings. The molecule has 0 aliphatic heterocycles. The van der Waals surface area contributed by atoms with E-state index in [1.165, 1.54) is 12.1 Å². The lowest BCUT2D eigenvalue weighted by Crippen LogP contribution is -2.39. The van der Waals surface area contributed by atoms with E-state index in [0.29, 0.717) is 6.04 Å². The van der Waals surface area contributed by atoms with Gasteiger partial charge in [0.15, 0.2) is 0 Å². The maximum absolute atomic E-state index is 11.9. The lowest BCUT2D eigenvalue weighted by molar-refractivity contribution is 0.194. The van der Waals surface area contributed by atoms with Gasteiger partial charge in [0.05, 0.1) is 10.9 Å². The van der Waals surface area contributed by atoms with Crippen molar-refractivity contribution in [3.63, 3.8) is 0 Å². The summed E-state index contributed by atoms with van der Waals surface area (Å²) in [5.41, 5.74) is 0.853. The topological polar surface area (TPSA) is 92.5 Å². The molecule has 6 nitrogen and oxygen atoms in total. The van der Waals surface area contributed by atoms with E-state index in [-0.39, 0.29) is 17.0 Å². The number of benzene rings is 1. The molecular weight excluding hydrogens is 278 g/mol. The van der Waals surface area contributed by atoms with Crippen LogP contribution in [0.3, 0.4) is 0 Å². The molecule has 1 aliphatic carbocycles. The zero-order valence-corrected chi connectivity index (χ0v) is 12.4. The first-order valence-corrected chi connectivity index (χ1v) is 8.00. The summed E-state index contributed by atoms with van der Waals surface area (Å²) in [5, 5.41) is 7.96. The van der Waals surface area contributed by atoms with E-state index in [2.05, 4.69) is 5.32 Å². The van der Waals surface area contributed by atoms with Crippen molar-refractivity contribution >= 4 is 16.1 Å². The number of amides is 2. The smallest absolute Gasteiger partial charge is 0.317 e. The Labute approximate surface area is 119 Å². The average Bonchev–Trinajstić information content (AvgIpc) is 3.20. The minimum absolute atomic E-state index is 0.0681. The SMILES string of the molecule is CC(c1ccc(S(N)(=O)=O)cc1)N(C)C(=O)NC1CC1. The predicted octanol–water partition coefficient (Wildman–Crippen LogP) is 1.20. The molecule has 0 heterocycles. The molecule has 3 N–H and O–H groups in total. The summed E-state index contributed by atoms with van der Waals surface area (Å²) in [7, 11) is -1.96. The van der Waals surface area contributed by atoms with Crippen molar-refractivity contribution in [1.29, 1.82) is 0 Å². The first-order chi connectivity index (χ1) is 9.29. The van der Waals surface area contributed by atoms with Crippen LogP contribution in [0.1, 0.15) is 31.4 Å². The van der Waals surface area contributed by atoms with E-state index >= 15 is 0 Å². The van der Waals surface area contributed by atoms with Crippen molar-refractivity contribution < 1.29 is 13.2 Å². The quantitative estimate of drug-likeness (QED) is 0.874. The lowest BCUT2D eigenvalue weighted by Gasteiger charge is -2.25. The summed E-state index contributed by atoms with van der Waals surface area (Å²) in [6, 6.07) is 6.29. The summed E-state index contributed by atoms with van der Waals surface area (Å²) >= 11 is 0. The molecule has 0 saturated heterocycles. The second kappa shape index (κ2) is 5.41. The maximum Gasteiger partial charge on any atom is 0.317 e. The molecule has 0 bridgehead atoms. The third-order valence-corrected chi connectivity index (χ3v) is 4.43. The van der Waals surface area contributed by atoms with Crippen molar-refractivity contribution in [3.8, 4) is 0 Å². The van der Waals surface area contributed by atoms with Gasteiger partial charge in [0.2, 0.25) is 10.0 Å². The number of hydrogen-bond acceptors (Lipinski definition) is 3. The summed E-state index contributed by atoms with van der Waals surface area (Å²) in [6.45, 7) is 1.89. The van der Waals surface area contributed by atoms with Crippen LogP contribution in [0.15, 0.2) is 29.2 Å². The molecular formula is C13H19N3O3S. The molecule has 1 saturated carbocycles. The Bertz CT molecular complexity index is 594. The fraction of sp³-hybridized carbons (Fsp3) is 0.462. The van der Waals surface area contributed by atoms with Gasteiger partial charge in [0, 0.05) is 13.1 Å². The first kappa shape index (κ1) is 14.8. The van der Waals surface area contributed by atoms with Crippen LogP contribution in [0.4, 0.5) is 4.79 Å². The largest absolute Gasteiger partial charge is 0.335 e. The van der Waals surface area contributed by atoms with E-state index in [0.717, 1.165) is 18.4 Å². The van der Waals surface area contributed by atoms with Gasteiger partial charge in [-0.25, -0.2) is 18.4 Å². The van der Waals surface area contributed by atoms with Crippen LogP contribution in [0.5, 0.6) is 0 Å². The van der Waals surface area contributed by atoms with Crippen molar-refractivity contribution in [2.75, 3.05) is 7.05 Å². The normalized spacial score (nSPS) is 16.6. The Balaban J connectivity index is 2.07. The van der Waals surface area contributed by atoms with Crippen molar-refractivity contribution in [2.45, 2.75) is 36.7 Å². The number of nitrogens with two attached hydrogens (primary N) is 1. The van der Waals surface area contributed by atoms with Crippen LogP contribution in [0, 0.1) is 0 Å². The number of carbonyl (C=O) groups is 1. The van der Waals surface area contributed by atoms with E-state index < -0.39 is 10.0 Å². The number of primary sulfonamides is 1. The third kappa shape index (κ3) is 3.49. The van der Waals surface area contributed by atoms with E-state index in [4.69, 9.17) is 5.14 Å². The summed E-state index contributed by atoms with van der Waals surface area (Å²) in [4.78, 5) is 13.6. The maximum atomic E-state index is 11.9. The van der Waals surface area contributed by atoms with Crippen LogP contribution in [0.2, 0.25) is 0 Å². The fourth-order valence-corrected chi connectivity index (χ4v) is 2.36. The summed E-state index contributed by atoms with van der Waals surface area (Å²) in [5.74, 6) is 0. The summed E-state index contributed by atoms with van der Waals surface area (Å²) in [6.07, 6.45) is 2.08. The van der Waals surface area contributed by atoms with Gasteiger partial charge in [-0.15, -0.1) is 0 Å². The van der Waals surface area contributed by atoms with Gasteiger partial charge in [0.1, 0.15) is 0 Å². The Morgan fingerprint density at radius 1 is 1.35 bits per heavy atom. The van der Waals surface area contributed by atoms with Gasteiger partial charge in [-0.1, -0.05) is 12.1 Å². The van der Waals surface area contributed by atoms with Gasteiger partial charge in [-0.05, 0) is 37.5 Å². The predicted molar refractivity (Wildman–Crippen MR) is 75.5 cm³/mol. The standard InChI is InChI=1S/C13H19N3O3S/c1-9(16(2)13(17)15-11-5-6-11)10-3-7-12(8-4-10)20(14,18)19/h3-4,7-9,11H,5-6H2,1-2H3,(H,15,17)(H2,14,18,19). The highest BCUT2D eigenvalue weighted by molar-refractivity contribution is 7.89. The fourth-order valence-electron chi connectivity index (χ4n) is 1.84. The Hall–Kier alpha value is -1.60. The molecule has 0 aromatic heterocycles. The molecule has 1 atom stereocenters. The zero-order valence-electron chi connectivity index (χ0n) is 11.5. The number of rotatable bonds is 4. The van der Waals surface area contributed by atoms with Gasteiger partial charge < -0.3 is 10.2 Å². The van der Waals surface area contributed by atoms with E-state index in [1.54, 1.807) is 24.1 Å². The highest BCUT2D eigenvalue weighted by Gasteiger charge is 2.26. The highest BCUT2D eigenvalue weighted by Crippen LogP contribution is 2.23. The molecule has 2 amide bonds. The number of sulfonamides is 1. The number of urea groups is 1. The van der Waals surface area contributed by atoms with Gasteiger partial charge >= 0.3 is 6.03 Å². The average molecular weight is 297 g/mol. The lowest BCUT2D eigenvalue weighted by atomic mass is 10.1. The van der Waals surface area contributed by atoms with E-state index in [9.17, 15) is 13.2 Å². The molecule has 1 unspecified atom stereocenters. The molecule has 1 aliphatic rings. The molecule has 20 heavy (non-hydrogen) atoms. The molecule has 7 heteroatoms. The van der Waals surface area contributed by atoms with Crippen LogP contribution >= 0.6 is 0 Å². The van der Waals surface area contributed by atoms with Crippen LogP contribution in [0.25, 0.3) is 0 Å². The van der Waals surface area contributed by atoms with Gasteiger partial charge in [0.25, 0.3) is 0 Å². The second-order valence-corrected chi connectivity index (χ2v) is 6.69. The third-order valence-electron chi connectivity index (χ3n) is 3.50. The number of nitrogens with zero attached hydrogens (tertiary/aromatic N) is 1. The van der Waals surface area contributed by atoms with Crippen molar-refractivity contribution in [3.05, 3.63) is 29.8 Å². The van der Waals surface area contributed by atoms with Gasteiger partial charge in [-0.3, -0.25) is 0 Å². The van der Waals surface area contributed by atoms with E-state index in [1.807, 2.05) is 6.92 Å². The number of nitrogens with one attached hydrogen (secondary N) is 1. The number of hydrogen-bond donors (Lipinski definition) is 2. The van der Waals surface area contributed by atoms with Crippen LogP contribution < -0.4 is 10.5 Å². The number of carbonyl (C=O) groups excluding carboxylic acids is 1.